The smallest absolute Gasteiger partial charge is 0.272 e. The average Bonchev–Trinajstić information content (AvgIpc) is 3.10. The van der Waals surface area contributed by atoms with Crippen LogP contribution in [0, 0.1) is 11.8 Å². The van der Waals surface area contributed by atoms with E-state index in [1.807, 2.05) is 23.1 Å². The van der Waals surface area contributed by atoms with Crippen LogP contribution in [0.1, 0.15) is 23.3 Å². The molecule has 4 rings (SSSR count). The van der Waals surface area contributed by atoms with Gasteiger partial charge in [-0.3, -0.25) is 14.7 Å². The summed E-state index contributed by atoms with van der Waals surface area (Å²) in [4.78, 5) is 21.2. The van der Waals surface area contributed by atoms with Crippen LogP contribution in [0.25, 0.3) is 0 Å². The third kappa shape index (κ3) is 2.04. The number of hydrogen-bond donors (Lipinski definition) is 0. The molecule has 2 atom stereocenters. The molecule has 1 aliphatic carbocycles. The average molecular weight is 257 g/mol. The van der Waals surface area contributed by atoms with Gasteiger partial charge in [-0.2, -0.15) is 0 Å². The number of likely N-dealkylation sites (tertiary alicyclic amines) is 2. The number of rotatable bonds is 2. The number of aromatic nitrogens is 1. The molecule has 2 unspecified atom stereocenters. The van der Waals surface area contributed by atoms with Crippen molar-refractivity contribution in [2.45, 2.75) is 18.9 Å². The Balaban J connectivity index is 1.42. The summed E-state index contributed by atoms with van der Waals surface area (Å²) < 4.78 is 0. The molecule has 4 nitrogen and oxygen atoms in total. The van der Waals surface area contributed by atoms with E-state index in [4.69, 9.17) is 0 Å². The van der Waals surface area contributed by atoms with Crippen LogP contribution in [0.15, 0.2) is 24.4 Å². The molecule has 3 fully saturated rings. The van der Waals surface area contributed by atoms with E-state index >= 15 is 0 Å². The van der Waals surface area contributed by atoms with Gasteiger partial charge in [0, 0.05) is 38.4 Å². The molecule has 3 heterocycles. The molecule has 0 radical (unpaired) electrons. The molecule has 100 valence electrons. The first kappa shape index (κ1) is 11.4. The highest BCUT2D eigenvalue weighted by atomic mass is 16.2. The molecule has 0 spiro atoms. The molecule has 1 amide bonds. The van der Waals surface area contributed by atoms with Gasteiger partial charge in [0.15, 0.2) is 0 Å². The predicted molar refractivity (Wildman–Crippen MR) is 71.7 cm³/mol. The Morgan fingerprint density at radius 1 is 1.11 bits per heavy atom. The standard InChI is InChI=1S/C15H19N3O/c19-15(14-3-1-2-6-16-14)18-9-11-7-17(13-4-5-13)8-12(11)10-18/h1-3,6,11-13H,4-5,7-10H2. The van der Waals surface area contributed by atoms with E-state index < -0.39 is 0 Å². The van der Waals surface area contributed by atoms with Gasteiger partial charge in [0.25, 0.3) is 5.91 Å². The molecule has 0 bridgehead atoms. The van der Waals surface area contributed by atoms with Gasteiger partial charge in [-0.05, 0) is 36.8 Å². The second kappa shape index (κ2) is 4.30. The lowest BCUT2D eigenvalue weighted by Crippen LogP contribution is -2.34. The fourth-order valence-electron chi connectivity index (χ4n) is 3.58. The zero-order valence-electron chi connectivity index (χ0n) is 11.0. The van der Waals surface area contributed by atoms with Gasteiger partial charge in [0.05, 0.1) is 0 Å². The number of amides is 1. The Hall–Kier alpha value is -1.42. The topological polar surface area (TPSA) is 36.4 Å². The lowest BCUT2D eigenvalue weighted by molar-refractivity contribution is 0.0767. The van der Waals surface area contributed by atoms with Crippen LogP contribution in [0.5, 0.6) is 0 Å². The molecule has 3 aliphatic rings. The Morgan fingerprint density at radius 3 is 2.42 bits per heavy atom. The first-order valence-electron chi connectivity index (χ1n) is 7.25. The lowest BCUT2D eigenvalue weighted by atomic mass is 10.0. The number of hydrogen-bond acceptors (Lipinski definition) is 3. The second-order valence-electron chi connectivity index (χ2n) is 6.13. The summed E-state index contributed by atoms with van der Waals surface area (Å²) in [7, 11) is 0. The van der Waals surface area contributed by atoms with Crippen molar-refractivity contribution in [1.82, 2.24) is 14.8 Å². The highest BCUT2D eigenvalue weighted by Crippen LogP contribution is 2.38. The number of pyridine rings is 1. The van der Waals surface area contributed by atoms with Crippen LogP contribution in [0.4, 0.5) is 0 Å². The highest BCUT2D eigenvalue weighted by Gasteiger charge is 2.45. The Bertz CT molecular complexity index is 471. The molecular weight excluding hydrogens is 238 g/mol. The summed E-state index contributed by atoms with van der Waals surface area (Å²) in [5.41, 5.74) is 0.585. The highest BCUT2D eigenvalue weighted by molar-refractivity contribution is 5.92. The van der Waals surface area contributed by atoms with Gasteiger partial charge in [-0.25, -0.2) is 0 Å². The summed E-state index contributed by atoms with van der Waals surface area (Å²) in [6, 6.07) is 6.41. The van der Waals surface area contributed by atoms with Crippen molar-refractivity contribution in [2.75, 3.05) is 26.2 Å². The van der Waals surface area contributed by atoms with Crippen molar-refractivity contribution in [2.24, 2.45) is 11.8 Å². The van der Waals surface area contributed by atoms with Crippen LogP contribution >= 0.6 is 0 Å². The minimum absolute atomic E-state index is 0.105. The van der Waals surface area contributed by atoms with Gasteiger partial charge in [-0.1, -0.05) is 6.07 Å². The first-order chi connectivity index (χ1) is 9.31. The summed E-state index contributed by atoms with van der Waals surface area (Å²) in [5.74, 6) is 1.48. The maximum absolute atomic E-state index is 12.4. The molecule has 2 aliphatic heterocycles. The maximum Gasteiger partial charge on any atom is 0.272 e. The van der Waals surface area contributed by atoms with Gasteiger partial charge in [-0.15, -0.1) is 0 Å². The normalized spacial score (nSPS) is 30.6. The minimum atomic E-state index is 0.105. The van der Waals surface area contributed by atoms with E-state index in [1.165, 1.54) is 25.9 Å². The molecule has 1 saturated carbocycles. The van der Waals surface area contributed by atoms with Crippen molar-refractivity contribution in [3.8, 4) is 0 Å². The quantitative estimate of drug-likeness (QED) is 0.800. The minimum Gasteiger partial charge on any atom is -0.337 e. The number of nitrogens with zero attached hydrogens (tertiary/aromatic N) is 3. The predicted octanol–water partition coefficient (Wildman–Crippen LogP) is 1.25. The lowest BCUT2D eigenvalue weighted by Gasteiger charge is -2.21. The molecule has 2 saturated heterocycles. The summed E-state index contributed by atoms with van der Waals surface area (Å²) >= 11 is 0. The van der Waals surface area contributed by atoms with E-state index in [0.717, 1.165) is 19.1 Å². The van der Waals surface area contributed by atoms with Crippen LogP contribution in [-0.2, 0) is 0 Å². The van der Waals surface area contributed by atoms with Crippen molar-refractivity contribution in [1.29, 1.82) is 0 Å². The van der Waals surface area contributed by atoms with Crippen LogP contribution in [0.3, 0.4) is 0 Å². The Kier molecular flexibility index (Phi) is 2.58. The number of carbonyl (C=O) groups excluding carboxylic acids is 1. The van der Waals surface area contributed by atoms with E-state index in [0.29, 0.717) is 17.5 Å². The molecular formula is C15H19N3O. The SMILES string of the molecule is O=C(c1ccccn1)N1CC2CN(C3CC3)CC2C1. The fraction of sp³-hybridized carbons (Fsp3) is 0.600. The largest absolute Gasteiger partial charge is 0.337 e. The monoisotopic (exact) mass is 257 g/mol. The van der Waals surface area contributed by atoms with E-state index in [2.05, 4.69) is 9.88 Å². The molecule has 1 aromatic heterocycles. The third-order valence-corrected chi connectivity index (χ3v) is 4.75. The van der Waals surface area contributed by atoms with Crippen molar-refractivity contribution < 1.29 is 4.79 Å². The number of fused-ring (bicyclic) bond motifs is 1. The van der Waals surface area contributed by atoms with Gasteiger partial charge >= 0.3 is 0 Å². The molecule has 0 aromatic carbocycles. The zero-order chi connectivity index (χ0) is 12.8. The Morgan fingerprint density at radius 2 is 1.84 bits per heavy atom. The van der Waals surface area contributed by atoms with Gasteiger partial charge in [0.2, 0.25) is 0 Å². The fourth-order valence-corrected chi connectivity index (χ4v) is 3.58. The summed E-state index contributed by atoms with van der Waals surface area (Å²) in [6.45, 7) is 4.23. The second-order valence-corrected chi connectivity index (χ2v) is 6.13. The molecule has 4 heteroatoms. The maximum atomic E-state index is 12.4. The summed E-state index contributed by atoms with van der Waals surface area (Å²) in [5, 5.41) is 0. The van der Waals surface area contributed by atoms with Crippen molar-refractivity contribution in [3.63, 3.8) is 0 Å². The molecule has 19 heavy (non-hydrogen) atoms. The van der Waals surface area contributed by atoms with Crippen LogP contribution in [-0.4, -0.2) is 52.9 Å². The molecule has 0 N–H and O–H groups in total. The van der Waals surface area contributed by atoms with Crippen molar-refractivity contribution >= 4 is 5.91 Å². The Labute approximate surface area is 113 Å². The van der Waals surface area contributed by atoms with E-state index in [-0.39, 0.29) is 5.91 Å². The third-order valence-electron chi connectivity index (χ3n) is 4.75. The first-order valence-corrected chi connectivity index (χ1v) is 7.25. The number of carbonyl (C=O) groups is 1. The summed E-state index contributed by atoms with van der Waals surface area (Å²) in [6.07, 6.45) is 4.46. The van der Waals surface area contributed by atoms with Crippen LogP contribution < -0.4 is 0 Å². The van der Waals surface area contributed by atoms with Gasteiger partial charge in [0.1, 0.15) is 5.69 Å². The van der Waals surface area contributed by atoms with E-state index in [1.54, 1.807) is 6.20 Å². The molecule has 1 aromatic rings. The van der Waals surface area contributed by atoms with Crippen molar-refractivity contribution in [3.05, 3.63) is 30.1 Å². The van der Waals surface area contributed by atoms with Crippen LogP contribution in [0.2, 0.25) is 0 Å². The van der Waals surface area contributed by atoms with E-state index in [9.17, 15) is 4.79 Å². The zero-order valence-corrected chi connectivity index (χ0v) is 11.0. The van der Waals surface area contributed by atoms with Gasteiger partial charge < -0.3 is 4.90 Å².